The van der Waals surface area contributed by atoms with E-state index in [0.29, 0.717) is 44.7 Å². The molecule has 0 amide bonds. The van der Waals surface area contributed by atoms with Gasteiger partial charge in [-0.1, -0.05) is 41.0 Å². The van der Waals surface area contributed by atoms with Crippen LogP contribution in [0, 0.1) is 0 Å². The molecule has 0 aliphatic rings. The Balaban J connectivity index is 1.81. The summed E-state index contributed by atoms with van der Waals surface area (Å²) in [7, 11) is 3.18. The second-order valence-electron chi connectivity index (χ2n) is 6.14. The van der Waals surface area contributed by atoms with Gasteiger partial charge in [0.1, 0.15) is 0 Å². The molecule has 0 fully saturated rings. The lowest BCUT2D eigenvalue weighted by molar-refractivity contribution is 0.354. The quantitative estimate of drug-likeness (QED) is 0.466. The minimum Gasteiger partial charge on any atom is -0.493 e. The molecule has 7 nitrogen and oxygen atoms in total. The highest BCUT2D eigenvalue weighted by Crippen LogP contribution is 2.30. The van der Waals surface area contributed by atoms with E-state index in [0.717, 1.165) is 5.56 Å². The first-order valence-corrected chi connectivity index (χ1v) is 10.7. The number of ether oxygens (including phenoxy) is 2. The maximum absolute atomic E-state index is 12.9. The average molecular weight is 467 g/mol. The minimum absolute atomic E-state index is 0.102. The Morgan fingerprint density at radius 2 is 1.73 bits per heavy atom. The molecule has 0 aliphatic carbocycles. The minimum atomic E-state index is -0.279. The molecule has 0 unspecified atom stereocenters. The molecule has 1 heterocycles. The lowest BCUT2D eigenvalue weighted by Gasteiger charge is -2.12. The van der Waals surface area contributed by atoms with Gasteiger partial charge in [-0.25, -0.2) is 0 Å². The SMILES string of the molecule is CCn1c(SCc2ccc(OC)c(OC)c2)nnc(Nc2cc(Cl)cc(Cl)c2)c1=O. The number of anilines is 2. The van der Waals surface area contributed by atoms with Gasteiger partial charge in [0, 0.05) is 28.0 Å². The molecule has 1 aromatic heterocycles. The van der Waals surface area contributed by atoms with Crippen molar-refractivity contribution in [1.82, 2.24) is 14.8 Å². The molecule has 1 N–H and O–H groups in total. The first-order chi connectivity index (χ1) is 14.4. The summed E-state index contributed by atoms with van der Waals surface area (Å²) in [6.45, 7) is 2.33. The van der Waals surface area contributed by atoms with Gasteiger partial charge in [-0.2, -0.15) is 0 Å². The van der Waals surface area contributed by atoms with Gasteiger partial charge in [-0.3, -0.25) is 9.36 Å². The van der Waals surface area contributed by atoms with Gasteiger partial charge in [-0.15, -0.1) is 10.2 Å². The zero-order valence-electron chi connectivity index (χ0n) is 16.6. The highest BCUT2D eigenvalue weighted by Gasteiger charge is 2.13. The number of aromatic nitrogens is 3. The number of hydrogen-bond donors (Lipinski definition) is 1. The summed E-state index contributed by atoms with van der Waals surface area (Å²) >= 11 is 13.4. The largest absolute Gasteiger partial charge is 0.493 e. The summed E-state index contributed by atoms with van der Waals surface area (Å²) in [4.78, 5) is 12.9. The molecule has 10 heteroatoms. The topological polar surface area (TPSA) is 78.3 Å². The van der Waals surface area contributed by atoms with E-state index in [-0.39, 0.29) is 11.4 Å². The van der Waals surface area contributed by atoms with Crippen molar-refractivity contribution in [1.29, 1.82) is 0 Å². The molecular weight excluding hydrogens is 447 g/mol. The van der Waals surface area contributed by atoms with E-state index in [9.17, 15) is 4.79 Å². The average Bonchev–Trinajstić information content (AvgIpc) is 2.73. The van der Waals surface area contributed by atoms with Crippen LogP contribution in [0.5, 0.6) is 11.5 Å². The molecule has 3 rings (SSSR count). The highest BCUT2D eigenvalue weighted by molar-refractivity contribution is 7.98. The standard InChI is InChI=1S/C20H20Cl2N4O3S/c1-4-26-19(27)18(23-15-9-13(21)8-14(22)10-15)24-25-20(26)30-11-12-5-6-16(28-2)17(7-12)29-3/h5-10H,4,11H2,1-3H3,(H,23,24). The van der Waals surface area contributed by atoms with Gasteiger partial charge in [0.05, 0.1) is 14.2 Å². The van der Waals surface area contributed by atoms with E-state index in [1.54, 1.807) is 37.0 Å². The van der Waals surface area contributed by atoms with E-state index in [1.807, 2.05) is 25.1 Å². The van der Waals surface area contributed by atoms with Crippen molar-refractivity contribution in [3.63, 3.8) is 0 Å². The molecule has 0 atom stereocenters. The highest BCUT2D eigenvalue weighted by atomic mass is 35.5. The molecule has 30 heavy (non-hydrogen) atoms. The van der Waals surface area contributed by atoms with Crippen LogP contribution in [-0.4, -0.2) is 29.0 Å². The fourth-order valence-electron chi connectivity index (χ4n) is 2.75. The number of nitrogens with one attached hydrogen (secondary N) is 1. The van der Waals surface area contributed by atoms with Crippen LogP contribution < -0.4 is 20.3 Å². The Bertz CT molecular complexity index is 1090. The van der Waals surface area contributed by atoms with Crippen LogP contribution in [0.25, 0.3) is 0 Å². The Hall–Kier alpha value is -2.42. The maximum atomic E-state index is 12.9. The summed E-state index contributed by atoms with van der Waals surface area (Å²) in [6, 6.07) is 10.6. The van der Waals surface area contributed by atoms with E-state index in [2.05, 4.69) is 15.5 Å². The van der Waals surface area contributed by atoms with E-state index in [4.69, 9.17) is 32.7 Å². The Labute approximate surface area is 188 Å². The van der Waals surface area contributed by atoms with Crippen molar-refractivity contribution in [3.05, 3.63) is 62.4 Å². The molecule has 0 spiro atoms. The van der Waals surface area contributed by atoms with Crippen molar-refractivity contribution in [2.24, 2.45) is 0 Å². The Morgan fingerprint density at radius 1 is 1.03 bits per heavy atom. The van der Waals surface area contributed by atoms with Crippen LogP contribution in [0.15, 0.2) is 46.3 Å². The van der Waals surface area contributed by atoms with E-state index < -0.39 is 0 Å². The Morgan fingerprint density at radius 3 is 2.37 bits per heavy atom. The van der Waals surface area contributed by atoms with Gasteiger partial charge in [-0.05, 0) is 42.8 Å². The number of benzene rings is 2. The third-order valence-corrected chi connectivity index (χ3v) is 5.65. The summed E-state index contributed by atoms with van der Waals surface area (Å²) < 4.78 is 12.2. The molecule has 0 radical (unpaired) electrons. The predicted molar refractivity (Wildman–Crippen MR) is 121 cm³/mol. The fraction of sp³-hybridized carbons (Fsp3) is 0.250. The summed E-state index contributed by atoms with van der Waals surface area (Å²) in [5, 5.41) is 12.7. The van der Waals surface area contributed by atoms with Crippen molar-refractivity contribution in [2.75, 3.05) is 19.5 Å². The zero-order valence-corrected chi connectivity index (χ0v) is 18.9. The molecule has 0 saturated heterocycles. The molecule has 3 aromatic rings. The number of nitrogens with zero attached hydrogens (tertiary/aromatic N) is 3. The number of thioether (sulfide) groups is 1. The second-order valence-corrected chi connectivity index (χ2v) is 7.96. The van der Waals surface area contributed by atoms with Crippen LogP contribution in [-0.2, 0) is 12.3 Å². The molecular formula is C20H20Cl2N4O3S. The summed E-state index contributed by atoms with van der Waals surface area (Å²) in [5.41, 5.74) is 1.29. The summed E-state index contributed by atoms with van der Waals surface area (Å²) in [6.07, 6.45) is 0. The Kier molecular flexibility index (Phi) is 7.47. The van der Waals surface area contributed by atoms with E-state index >= 15 is 0 Å². The van der Waals surface area contributed by atoms with Crippen LogP contribution in [0.3, 0.4) is 0 Å². The normalized spacial score (nSPS) is 10.7. The van der Waals surface area contributed by atoms with Gasteiger partial charge in [0.25, 0.3) is 5.56 Å². The van der Waals surface area contributed by atoms with Crippen molar-refractivity contribution in [3.8, 4) is 11.5 Å². The van der Waals surface area contributed by atoms with Gasteiger partial charge in [0.2, 0.25) is 5.82 Å². The van der Waals surface area contributed by atoms with Crippen molar-refractivity contribution < 1.29 is 9.47 Å². The molecule has 2 aromatic carbocycles. The summed E-state index contributed by atoms with van der Waals surface area (Å²) in [5.74, 6) is 2.00. The van der Waals surface area contributed by atoms with Crippen molar-refractivity contribution in [2.45, 2.75) is 24.4 Å². The molecule has 0 saturated carbocycles. The van der Waals surface area contributed by atoms with Crippen LogP contribution >= 0.6 is 35.0 Å². The number of rotatable bonds is 8. The smallest absolute Gasteiger partial charge is 0.297 e. The molecule has 0 aliphatic heterocycles. The number of methoxy groups -OCH3 is 2. The van der Waals surface area contributed by atoms with Crippen molar-refractivity contribution >= 4 is 46.5 Å². The van der Waals surface area contributed by atoms with Gasteiger partial charge in [0.15, 0.2) is 16.7 Å². The van der Waals surface area contributed by atoms with Gasteiger partial charge >= 0.3 is 0 Å². The van der Waals surface area contributed by atoms with Crippen LogP contribution in [0.1, 0.15) is 12.5 Å². The number of halogens is 2. The first-order valence-electron chi connectivity index (χ1n) is 8.99. The zero-order chi connectivity index (χ0) is 21.7. The molecule has 158 valence electrons. The predicted octanol–water partition coefficient (Wildman–Crippen LogP) is 5.02. The van der Waals surface area contributed by atoms with Gasteiger partial charge < -0.3 is 14.8 Å². The fourth-order valence-corrected chi connectivity index (χ4v) is 4.22. The van der Waals surface area contributed by atoms with Crippen LogP contribution in [0.2, 0.25) is 10.0 Å². The first kappa shape index (κ1) is 22.3. The van der Waals surface area contributed by atoms with Crippen LogP contribution in [0.4, 0.5) is 11.5 Å². The third-order valence-electron chi connectivity index (χ3n) is 4.17. The monoisotopic (exact) mass is 466 g/mol. The lowest BCUT2D eigenvalue weighted by atomic mass is 10.2. The van der Waals surface area contributed by atoms with E-state index in [1.165, 1.54) is 11.8 Å². The third kappa shape index (κ3) is 5.19. The molecule has 0 bridgehead atoms. The maximum Gasteiger partial charge on any atom is 0.297 e. The lowest BCUT2D eigenvalue weighted by Crippen LogP contribution is -2.26. The second kappa shape index (κ2) is 10.1. The number of hydrogen-bond acceptors (Lipinski definition) is 7.